The number of carboxylic acids is 1. The van der Waals surface area contributed by atoms with Crippen LogP contribution < -0.4 is 34.9 Å². The van der Waals surface area contributed by atoms with E-state index in [-0.39, 0.29) is 40.8 Å². The topological polar surface area (TPSA) is 113 Å². The zero-order valence-electron chi connectivity index (χ0n) is 16.8. The second kappa shape index (κ2) is 8.20. The minimum absolute atomic E-state index is 0. The summed E-state index contributed by atoms with van der Waals surface area (Å²) in [6.07, 6.45) is 0. The molecule has 0 unspecified atom stereocenters. The first kappa shape index (κ1) is 23.1. The quantitative estimate of drug-likeness (QED) is 0.471. The number of hydrogen-bond donors (Lipinski definition) is 2. The third-order valence-corrected chi connectivity index (χ3v) is 7.08. The summed E-state index contributed by atoms with van der Waals surface area (Å²) in [6.45, 7) is 5.16. The molecule has 0 bridgehead atoms. The van der Waals surface area contributed by atoms with Crippen LogP contribution in [0.2, 0.25) is 5.02 Å². The van der Waals surface area contributed by atoms with Gasteiger partial charge in [0.25, 0.3) is 5.91 Å². The number of carbonyl (C=O) groups excluding carboxylic acids is 2. The van der Waals surface area contributed by atoms with Crippen LogP contribution in [0.15, 0.2) is 28.8 Å². The van der Waals surface area contributed by atoms with Gasteiger partial charge in [-0.1, -0.05) is 35.0 Å². The number of nitrogens with zero attached hydrogens (tertiary/aromatic N) is 2. The Bertz CT molecular complexity index is 1040. The molecule has 152 valence electrons. The van der Waals surface area contributed by atoms with Gasteiger partial charge in [-0.05, 0) is 26.8 Å². The summed E-state index contributed by atoms with van der Waals surface area (Å²) in [5.74, 6) is -1.70. The number of amides is 2. The van der Waals surface area contributed by atoms with Crippen LogP contribution in [0.25, 0.3) is 11.3 Å². The van der Waals surface area contributed by atoms with Gasteiger partial charge in [-0.2, -0.15) is 0 Å². The molecule has 2 aromatic rings. The van der Waals surface area contributed by atoms with Gasteiger partial charge in [0.2, 0.25) is 5.91 Å². The number of fused-ring (bicyclic) bond motifs is 1. The van der Waals surface area contributed by atoms with Crippen LogP contribution >= 0.6 is 23.4 Å². The molecule has 2 fully saturated rings. The van der Waals surface area contributed by atoms with E-state index in [2.05, 4.69) is 10.5 Å². The zero-order chi connectivity index (χ0) is 21.1. The Labute approximate surface area is 204 Å². The van der Waals surface area contributed by atoms with Gasteiger partial charge in [0.05, 0.1) is 5.02 Å². The second-order valence-electron chi connectivity index (χ2n) is 7.49. The van der Waals surface area contributed by atoms with Crippen molar-refractivity contribution in [2.45, 2.75) is 43.0 Å². The standard InChI is InChI=1S/C19H18ClN3O5S.Na/c1-8-11(12(22-28-8)9-6-4-5-7-10(9)20)15(24)21-13-16(25)23-14(18(26)27)19(2,3)29-17(13)23;/h4-7,13-14,17H,1-3H3,(H,21,24)(H,26,27);/q;+1/t13-,14+,17-;/m1./s1. The number of β-lactam (4-membered cyclic amide) rings is 1. The molecular formula is C19H18ClN3NaO5S+. The molecule has 0 spiro atoms. The molecule has 1 aromatic carbocycles. The number of nitrogens with one attached hydrogen (secondary N) is 1. The number of aliphatic carboxylic acids is 1. The van der Waals surface area contributed by atoms with E-state index in [0.29, 0.717) is 16.3 Å². The van der Waals surface area contributed by atoms with Gasteiger partial charge < -0.3 is 19.8 Å². The minimum atomic E-state index is -1.06. The van der Waals surface area contributed by atoms with Crippen molar-refractivity contribution in [3.63, 3.8) is 0 Å². The van der Waals surface area contributed by atoms with Crippen LogP contribution in [-0.2, 0) is 9.59 Å². The predicted molar refractivity (Wildman–Crippen MR) is 107 cm³/mol. The first-order chi connectivity index (χ1) is 13.6. The fraction of sp³-hybridized carbons (Fsp3) is 0.368. The van der Waals surface area contributed by atoms with E-state index in [0.717, 1.165) is 0 Å². The third kappa shape index (κ3) is 3.56. The van der Waals surface area contributed by atoms with Crippen molar-refractivity contribution in [1.29, 1.82) is 0 Å². The minimum Gasteiger partial charge on any atom is -0.480 e. The first-order valence-corrected chi connectivity index (χ1v) is 10.1. The normalized spacial score (nSPS) is 23.9. The number of halogens is 1. The molecule has 11 heteroatoms. The van der Waals surface area contributed by atoms with Gasteiger partial charge in [-0.25, -0.2) is 4.79 Å². The van der Waals surface area contributed by atoms with Crippen molar-refractivity contribution in [1.82, 2.24) is 15.4 Å². The van der Waals surface area contributed by atoms with Crippen molar-refractivity contribution in [3.05, 3.63) is 40.6 Å². The van der Waals surface area contributed by atoms with Crippen LogP contribution in [0.3, 0.4) is 0 Å². The summed E-state index contributed by atoms with van der Waals surface area (Å²) < 4.78 is 4.54. The molecule has 0 saturated carbocycles. The third-order valence-electron chi connectivity index (χ3n) is 5.18. The number of carboxylic acid groups (broad SMARTS) is 1. The van der Waals surface area contributed by atoms with E-state index in [1.54, 1.807) is 45.0 Å². The van der Waals surface area contributed by atoms with Gasteiger partial charge in [0.15, 0.2) is 0 Å². The molecule has 2 saturated heterocycles. The van der Waals surface area contributed by atoms with E-state index in [1.165, 1.54) is 16.7 Å². The monoisotopic (exact) mass is 458 g/mol. The molecule has 0 radical (unpaired) electrons. The van der Waals surface area contributed by atoms with Gasteiger partial charge in [0.1, 0.15) is 34.5 Å². The van der Waals surface area contributed by atoms with E-state index < -0.39 is 40.0 Å². The van der Waals surface area contributed by atoms with E-state index in [4.69, 9.17) is 16.1 Å². The summed E-state index contributed by atoms with van der Waals surface area (Å²) in [5, 5.41) is 16.2. The summed E-state index contributed by atoms with van der Waals surface area (Å²) in [4.78, 5) is 38.6. The van der Waals surface area contributed by atoms with Gasteiger partial charge in [-0.15, -0.1) is 11.8 Å². The Hall–Kier alpha value is -1.52. The van der Waals surface area contributed by atoms with E-state index in [1.807, 2.05) is 0 Å². The molecule has 1 aromatic heterocycles. The van der Waals surface area contributed by atoms with Crippen molar-refractivity contribution >= 4 is 41.1 Å². The molecule has 30 heavy (non-hydrogen) atoms. The number of aromatic nitrogens is 1. The molecule has 8 nitrogen and oxygen atoms in total. The maximum Gasteiger partial charge on any atom is 1.00 e. The van der Waals surface area contributed by atoms with Gasteiger partial charge >= 0.3 is 35.5 Å². The molecule has 3 heterocycles. The van der Waals surface area contributed by atoms with Crippen molar-refractivity contribution < 1.29 is 53.6 Å². The maximum absolute atomic E-state index is 13.0. The van der Waals surface area contributed by atoms with Gasteiger partial charge in [-0.3, -0.25) is 9.59 Å². The summed E-state index contributed by atoms with van der Waals surface area (Å²) >= 11 is 7.59. The number of hydrogen-bond acceptors (Lipinski definition) is 6. The summed E-state index contributed by atoms with van der Waals surface area (Å²) in [7, 11) is 0. The number of carbonyl (C=O) groups is 3. The summed E-state index contributed by atoms with van der Waals surface area (Å²) in [6, 6.07) is 5.18. The number of rotatable bonds is 4. The van der Waals surface area contributed by atoms with Crippen LogP contribution in [0.1, 0.15) is 30.0 Å². The maximum atomic E-state index is 13.0. The largest absolute Gasteiger partial charge is 1.00 e. The molecule has 3 atom stereocenters. The molecule has 0 aliphatic carbocycles. The Morgan fingerprint density at radius 3 is 2.63 bits per heavy atom. The summed E-state index contributed by atoms with van der Waals surface area (Å²) in [5.41, 5.74) is 1.03. The average molecular weight is 459 g/mol. The Balaban J connectivity index is 0.00000256. The van der Waals surface area contributed by atoms with Crippen LogP contribution in [-0.4, -0.2) is 55.2 Å². The fourth-order valence-corrected chi connectivity index (χ4v) is 5.69. The predicted octanol–water partition coefficient (Wildman–Crippen LogP) is -0.447. The average Bonchev–Trinajstić information content (AvgIpc) is 3.15. The molecule has 2 aliphatic rings. The molecule has 2 aliphatic heterocycles. The van der Waals surface area contributed by atoms with Crippen LogP contribution in [0.5, 0.6) is 0 Å². The first-order valence-electron chi connectivity index (χ1n) is 8.88. The molecule has 4 rings (SSSR count). The number of benzene rings is 1. The number of aryl methyl sites for hydroxylation is 1. The smallest absolute Gasteiger partial charge is 0.480 e. The molecule has 2 N–H and O–H groups in total. The van der Waals surface area contributed by atoms with Crippen molar-refractivity contribution in [3.8, 4) is 11.3 Å². The Morgan fingerprint density at radius 1 is 1.33 bits per heavy atom. The second-order valence-corrected chi connectivity index (χ2v) is 9.67. The fourth-order valence-electron chi connectivity index (χ4n) is 3.84. The van der Waals surface area contributed by atoms with Crippen LogP contribution in [0.4, 0.5) is 0 Å². The van der Waals surface area contributed by atoms with E-state index in [9.17, 15) is 19.5 Å². The SMILES string of the molecule is Cc1onc(-c2ccccc2Cl)c1C(=O)N[C@@H]1C(=O)N2[C@@H]1SC(C)(C)[C@@H]2C(=O)O.[Na+]. The molecular weight excluding hydrogens is 441 g/mol. The van der Waals surface area contributed by atoms with E-state index >= 15 is 0 Å². The molecule has 2 amide bonds. The number of thioether (sulfide) groups is 1. The van der Waals surface area contributed by atoms with Crippen molar-refractivity contribution in [2.75, 3.05) is 0 Å². The Kier molecular flexibility index (Phi) is 6.33. The Morgan fingerprint density at radius 2 is 2.00 bits per heavy atom. The van der Waals surface area contributed by atoms with Gasteiger partial charge in [0, 0.05) is 10.3 Å². The van der Waals surface area contributed by atoms with Crippen LogP contribution in [0, 0.1) is 6.92 Å². The zero-order valence-corrected chi connectivity index (χ0v) is 20.4. The van der Waals surface area contributed by atoms with Crippen molar-refractivity contribution in [2.24, 2.45) is 0 Å².